The summed E-state index contributed by atoms with van der Waals surface area (Å²) < 4.78 is 12.6. The second kappa shape index (κ2) is 8.29. The number of aromatic nitrogens is 1. The molecule has 1 aliphatic rings. The van der Waals surface area contributed by atoms with Gasteiger partial charge in [0.15, 0.2) is 5.13 Å². The van der Waals surface area contributed by atoms with E-state index < -0.39 is 0 Å². The number of thiazole rings is 1. The van der Waals surface area contributed by atoms with Crippen LogP contribution < -0.4 is 9.64 Å². The number of anilines is 1. The van der Waals surface area contributed by atoms with Gasteiger partial charge in [-0.3, -0.25) is 9.69 Å². The van der Waals surface area contributed by atoms with Crippen molar-refractivity contribution in [1.82, 2.24) is 4.98 Å². The van der Waals surface area contributed by atoms with Gasteiger partial charge in [-0.15, -0.1) is 0 Å². The summed E-state index contributed by atoms with van der Waals surface area (Å²) in [6, 6.07) is 18.0. The number of para-hydroxylation sites is 1. The van der Waals surface area contributed by atoms with Crippen molar-refractivity contribution in [1.29, 1.82) is 0 Å². The van der Waals surface area contributed by atoms with Crippen LogP contribution >= 0.6 is 11.3 Å². The number of hydrogen-bond acceptors (Lipinski definition) is 5. The number of methoxy groups -OCH3 is 1. The van der Waals surface area contributed by atoms with E-state index in [0.29, 0.717) is 23.0 Å². The monoisotopic (exact) mass is 432 g/mol. The van der Waals surface area contributed by atoms with E-state index in [1.807, 2.05) is 55.5 Å². The lowest BCUT2D eigenvalue weighted by atomic mass is 10.0. The van der Waals surface area contributed by atoms with Crippen LogP contribution in [0.4, 0.5) is 5.13 Å². The van der Waals surface area contributed by atoms with E-state index in [0.717, 1.165) is 46.0 Å². The molecule has 1 atom stereocenters. The van der Waals surface area contributed by atoms with Crippen LogP contribution in [-0.4, -0.2) is 37.3 Å². The van der Waals surface area contributed by atoms with Crippen LogP contribution in [0.1, 0.15) is 28.8 Å². The van der Waals surface area contributed by atoms with Gasteiger partial charge >= 0.3 is 0 Å². The zero-order valence-electron chi connectivity index (χ0n) is 17.6. The Balaban J connectivity index is 1.61. The van der Waals surface area contributed by atoms with E-state index in [2.05, 4.69) is 6.07 Å². The molecule has 1 unspecified atom stereocenters. The number of fused-ring (bicyclic) bond motifs is 2. The first-order valence-electron chi connectivity index (χ1n) is 10.5. The number of aryl methyl sites for hydroxylation is 1. The fraction of sp³-hybridized carbons (Fsp3) is 0.280. The Bertz CT molecular complexity index is 1260. The fourth-order valence-electron chi connectivity index (χ4n) is 4.13. The number of amides is 1. The van der Waals surface area contributed by atoms with E-state index in [1.165, 1.54) is 0 Å². The first kappa shape index (κ1) is 20.0. The number of rotatable bonds is 5. The highest BCUT2D eigenvalue weighted by molar-refractivity contribution is 7.22. The predicted octanol–water partition coefficient (Wildman–Crippen LogP) is 5.59. The van der Waals surface area contributed by atoms with E-state index in [-0.39, 0.29) is 12.0 Å². The number of carbonyl (C=O) groups is 1. The minimum atomic E-state index is -0.116. The second-order valence-electron chi connectivity index (χ2n) is 7.87. The highest BCUT2D eigenvalue weighted by Gasteiger charge is 2.29. The average Bonchev–Trinajstić information content (AvgIpc) is 3.46. The van der Waals surface area contributed by atoms with Crippen molar-refractivity contribution in [2.45, 2.75) is 25.9 Å². The molecule has 3 aromatic carbocycles. The Morgan fingerprint density at radius 3 is 2.71 bits per heavy atom. The van der Waals surface area contributed by atoms with Crippen LogP contribution in [0.15, 0.2) is 54.6 Å². The summed E-state index contributed by atoms with van der Waals surface area (Å²) in [6.45, 7) is 3.27. The zero-order valence-corrected chi connectivity index (χ0v) is 18.4. The summed E-state index contributed by atoms with van der Waals surface area (Å²) >= 11 is 1.54. The molecule has 0 radical (unpaired) electrons. The molecule has 6 heteroatoms. The van der Waals surface area contributed by atoms with Crippen molar-refractivity contribution < 1.29 is 14.3 Å². The minimum absolute atomic E-state index is 0.0171. The smallest absolute Gasteiger partial charge is 0.263 e. The van der Waals surface area contributed by atoms with Crippen LogP contribution in [0.3, 0.4) is 0 Å². The molecule has 5 rings (SSSR count). The van der Waals surface area contributed by atoms with Crippen molar-refractivity contribution in [3.63, 3.8) is 0 Å². The van der Waals surface area contributed by atoms with Crippen LogP contribution in [0.2, 0.25) is 0 Å². The van der Waals surface area contributed by atoms with E-state index in [1.54, 1.807) is 23.3 Å². The highest BCUT2D eigenvalue weighted by atomic mass is 32.1. The number of carbonyl (C=O) groups excluding carboxylic acids is 1. The molecule has 0 spiro atoms. The molecule has 158 valence electrons. The minimum Gasteiger partial charge on any atom is -0.496 e. The number of nitrogens with zero attached hydrogens (tertiary/aromatic N) is 2. The van der Waals surface area contributed by atoms with Gasteiger partial charge in [0.25, 0.3) is 5.91 Å². The molecule has 1 aromatic heterocycles. The molecule has 0 bridgehead atoms. The van der Waals surface area contributed by atoms with Gasteiger partial charge in [-0.25, -0.2) is 4.98 Å². The normalized spacial score (nSPS) is 16.1. The predicted molar refractivity (Wildman–Crippen MR) is 126 cm³/mol. The number of hydrogen-bond donors (Lipinski definition) is 0. The van der Waals surface area contributed by atoms with Gasteiger partial charge in [-0.1, -0.05) is 47.7 Å². The Labute approximate surface area is 185 Å². The maximum atomic E-state index is 13.9. The zero-order chi connectivity index (χ0) is 21.4. The largest absolute Gasteiger partial charge is 0.496 e. The van der Waals surface area contributed by atoms with Crippen molar-refractivity contribution in [2.75, 3.05) is 25.2 Å². The maximum Gasteiger partial charge on any atom is 0.263 e. The summed E-state index contributed by atoms with van der Waals surface area (Å²) in [6.07, 6.45) is 1.98. The molecule has 0 aliphatic carbocycles. The third-order valence-corrected chi connectivity index (χ3v) is 6.84. The van der Waals surface area contributed by atoms with Gasteiger partial charge in [0.05, 0.1) is 35.5 Å². The molecule has 1 aliphatic heterocycles. The quantitative estimate of drug-likeness (QED) is 0.412. The van der Waals surface area contributed by atoms with Gasteiger partial charge in [0.1, 0.15) is 5.75 Å². The third kappa shape index (κ3) is 3.77. The summed E-state index contributed by atoms with van der Waals surface area (Å²) in [7, 11) is 1.60. The highest BCUT2D eigenvalue weighted by Crippen LogP contribution is 2.34. The third-order valence-electron chi connectivity index (χ3n) is 5.79. The topological polar surface area (TPSA) is 51.7 Å². The molecule has 1 saturated heterocycles. The standard InChI is InChI=1S/C25H24N2O3S/c1-16-7-5-11-22-23(16)26-25(31-22)27(15-19-10-6-12-30-19)24(28)20-13-17-8-3-4-9-18(17)14-21(20)29-2/h3-5,7-9,11,13-14,19H,6,10,12,15H2,1-2H3. The maximum absolute atomic E-state index is 13.9. The molecule has 4 aromatic rings. The van der Waals surface area contributed by atoms with E-state index in [9.17, 15) is 4.79 Å². The summed E-state index contributed by atoms with van der Waals surface area (Å²) in [5, 5.41) is 2.74. The van der Waals surface area contributed by atoms with Gasteiger partial charge < -0.3 is 9.47 Å². The van der Waals surface area contributed by atoms with Crippen molar-refractivity contribution in [2.24, 2.45) is 0 Å². The first-order valence-corrected chi connectivity index (χ1v) is 11.3. The Kier molecular flexibility index (Phi) is 5.34. The number of ether oxygens (including phenoxy) is 2. The summed E-state index contributed by atoms with van der Waals surface area (Å²) in [5.74, 6) is 0.452. The van der Waals surface area contributed by atoms with Gasteiger partial charge in [-0.2, -0.15) is 0 Å². The van der Waals surface area contributed by atoms with Crippen LogP contribution in [0.25, 0.3) is 21.0 Å². The van der Waals surface area contributed by atoms with Crippen molar-refractivity contribution in [3.8, 4) is 5.75 Å². The van der Waals surface area contributed by atoms with Crippen LogP contribution in [0, 0.1) is 6.92 Å². The lowest BCUT2D eigenvalue weighted by Gasteiger charge is -2.24. The average molecular weight is 433 g/mol. The second-order valence-corrected chi connectivity index (χ2v) is 8.88. The van der Waals surface area contributed by atoms with E-state index in [4.69, 9.17) is 14.5 Å². The fourth-order valence-corrected chi connectivity index (χ4v) is 5.18. The van der Waals surface area contributed by atoms with Crippen molar-refractivity contribution >= 4 is 43.4 Å². The molecular weight excluding hydrogens is 408 g/mol. The summed E-state index contributed by atoms with van der Waals surface area (Å²) in [4.78, 5) is 20.5. The molecule has 1 fully saturated rings. The van der Waals surface area contributed by atoms with Crippen molar-refractivity contribution in [3.05, 3.63) is 65.7 Å². The lowest BCUT2D eigenvalue weighted by molar-refractivity contribution is 0.0915. The molecule has 2 heterocycles. The molecule has 1 amide bonds. The van der Waals surface area contributed by atoms with E-state index >= 15 is 0 Å². The SMILES string of the molecule is COc1cc2ccccc2cc1C(=O)N(CC1CCCO1)c1nc2c(C)cccc2s1. The molecule has 0 N–H and O–H groups in total. The van der Waals surface area contributed by atoms with Gasteiger partial charge in [-0.05, 0) is 54.3 Å². The molecule has 31 heavy (non-hydrogen) atoms. The molecule has 5 nitrogen and oxygen atoms in total. The summed E-state index contributed by atoms with van der Waals surface area (Å²) in [5.41, 5.74) is 2.58. The van der Waals surface area contributed by atoms with Crippen LogP contribution in [0.5, 0.6) is 5.75 Å². The molecular formula is C25H24N2O3S. The Hall–Kier alpha value is -2.96. The van der Waals surface area contributed by atoms with Gasteiger partial charge in [0.2, 0.25) is 0 Å². The Morgan fingerprint density at radius 1 is 1.19 bits per heavy atom. The van der Waals surface area contributed by atoms with Gasteiger partial charge in [0, 0.05) is 6.61 Å². The number of benzene rings is 3. The first-order chi connectivity index (χ1) is 15.1. The van der Waals surface area contributed by atoms with Crippen LogP contribution in [-0.2, 0) is 4.74 Å². The molecule has 0 saturated carbocycles. The Morgan fingerprint density at radius 2 is 2.00 bits per heavy atom. The lowest BCUT2D eigenvalue weighted by Crippen LogP contribution is -2.37.